The molecule has 0 unspecified atom stereocenters. The van der Waals surface area contributed by atoms with Crippen molar-refractivity contribution in [2.75, 3.05) is 0 Å². The zero-order chi connectivity index (χ0) is 13.5. The Kier molecular flexibility index (Phi) is 2.08. The molecule has 6 heteroatoms. The maximum Gasteiger partial charge on any atom is 0.172 e. The summed E-state index contributed by atoms with van der Waals surface area (Å²) in [6.45, 7) is 0. The number of pyridine rings is 2. The summed E-state index contributed by atoms with van der Waals surface area (Å²) >= 11 is 0. The molecule has 0 amide bonds. The Morgan fingerprint density at radius 2 is 2.05 bits per heavy atom. The van der Waals surface area contributed by atoms with Crippen LogP contribution in [0.4, 0.5) is 0 Å². The van der Waals surface area contributed by atoms with Gasteiger partial charge >= 0.3 is 0 Å². The summed E-state index contributed by atoms with van der Waals surface area (Å²) in [5, 5.41) is 21.6. The number of nitrogens with zero attached hydrogens (tertiary/aromatic N) is 6. The smallest absolute Gasteiger partial charge is 0.172 e. The van der Waals surface area contributed by atoms with Gasteiger partial charge in [-0.1, -0.05) is 6.07 Å². The van der Waals surface area contributed by atoms with Crippen molar-refractivity contribution in [2.24, 2.45) is 0 Å². The van der Waals surface area contributed by atoms with Gasteiger partial charge in [-0.25, -0.2) is 4.52 Å². The molecule has 0 spiro atoms. The third-order valence-electron chi connectivity index (χ3n) is 3.20. The first-order valence-electron chi connectivity index (χ1n) is 6.04. The second-order valence-corrected chi connectivity index (χ2v) is 4.37. The van der Waals surface area contributed by atoms with Crippen LogP contribution in [-0.4, -0.2) is 24.2 Å². The molecule has 0 radical (unpaired) electrons. The van der Waals surface area contributed by atoms with E-state index in [0.29, 0.717) is 17.0 Å². The van der Waals surface area contributed by atoms with E-state index in [2.05, 4.69) is 21.4 Å². The van der Waals surface area contributed by atoms with Crippen LogP contribution in [-0.2, 0) is 0 Å². The zero-order valence-corrected chi connectivity index (χ0v) is 10.3. The molecule has 0 saturated carbocycles. The molecule has 94 valence electrons. The van der Waals surface area contributed by atoms with Gasteiger partial charge in [-0.05, 0) is 24.3 Å². The minimum Gasteiger partial charge on any atom is -0.281 e. The number of hydrogen-bond donors (Lipinski definition) is 0. The number of rotatable bonds is 1. The van der Waals surface area contributed by atoms with Crippen LogP contribution in [0.1, 0.15) is 5.56 Å². The van der Waals surface area contributed by atoms with E-state index >= 15 is 0 Å². The molecule has 0 aromatic carbocycles. The lowest BCUT2D eigenvalue weighted by Crippen LogP contribution is -1.91. The predicted octanol–water partition coefficient (Wildman–Crippen LogP) is 1.92. The largest absolute Gasteiger partial charge is 0.281 e. The van der Waals surface area contributed by atoms with Crippen molar-refractivity contribution in [2.45, 2.75) is 0 Å². The van der Waals surface area contributed by atoms with E-state index in [9.17, 15) is 0 Å². The quantitative estimate of drug-likeness (QED) is 0.524. The highest BCUT2D eigenvalue weighted by molar-refractivity contribution is 5.76. The van der Waals surface area contributed by atoms with Crippen LogP contribution in [0.5, 0.6) is 0 Å². The molecule has 20 heavy (non-hydrogen) atoms. The fourth-order valence-electron chi connectivity index (χ4n) is 2.25. The highest BCUT2D eigenvalue weighted by atomic mass is 15.3. The Labute approximate surface area is 113 Å². The van der Waals surface area contributed by atoms with Gasteiger partial charge in [-0.15, -0.1) is 10.2 Å². The molecule has 4 aromatic heterocycles. The minimum atomic E-state index is 0.565. The maximum atomic E-state index is 9.01. The van der Waals surface area contributed by atoms with Gasteiger partial charge in [0.05, 0.1) is 22.8 Å². The number of hydrogen-bond acceptors (Lipinski definition) is 4. The second-order valence-electron chi connectivity index (χ2n) is 4.37. The Balaban J connectivity index is 2.05. The number of aromatic nitrogens is 5. The SMILES string of the molecule is N#Cc1ccc2nnc(-c3cnn4ccccc34)n2c1. The van der Waals surface area contributed by atoms with E-state index in [1.165, 1.54) is 0 Å². The average Bonchev–Trinajstić information content (AvgIpc) is 3.09. The summed E-state index contributed by atoms with van der Waals surface area (Å²) in [6, 6.07) is 11.5. The van der Waals surface area contributed by atoms with E-state index in [0.717, 1.165) is 11.1 Å². The Morgan fingerprint density at radius 1 is 1.10 bits per heavy atom. The molecule has 6 nitrogen and oxygen atoms in total. The summed E-state index contributed by atoms with van der Waals surface area (Å²) in [6.07, 6.45) is 5.37. The van der Waals surface area contributed by atoms with Crippen LogP contribution >= 0.6 is 0 Å². The first-order chi connectivity index (χ1) is 9.86. The standard InChI is InChI=1S/C14H8N6/c15-7-10-4-5-13-17-18-14(19(13)9-10)11-8-16-20-6-2-1-3-12(11)20/h1-6,8-9H. The topological polar surface area (TPSA) is 71.3 Å². The van der Waals surface area contributed by atoms with Gasteiger partial charge in [0.15, 0.2) is 11.5 Å². The van der Waals surface area contributed by atoms with E-state index in [4.69, 9.17) is 5.26 Å². The first-order valence-corrected chi connectivity index (χ1v) is 6.04. The number of nitriles is 1. The lowest BCUT2D eigenvalue weighted by atomic mass is 10.2. The van der Waals surface area contributed by atoms with E-state index in [1.54, 1.807) is 29.0 Å². The predicted molar refractivity (Wildman–Crippen MR) is 71.9 cm³/mol. The molecule has 0 aliphatic carbocycles. The normalized spacial score (nSPS) is 10.9. The molecule has 4 aromatic rings. The third-order valence-corrected chi connectivity index (χ3v) is 3.20. The van der Waals surface area contributed by atoms with E-state index in [1.807, 2.05) is 28.8 Å². The van der Waals surface area contributed by atoms with Crippen molar-refractivity contribution in [3.8, 4) is 17.5 Å². The van der Waals surface area contributed by atoms with Crippen molar-refractivity contribution in [1.82, 2.24) is 24.2 Å². The maximum absolute atomic E-state index is 9.01. The van der Waals surface area contributed by atoms with Gasteiger partial charge in [0.2, 0.25) is 0 Å². The molecule has 0 fully saturated rings. The average molecular weight is 260 g/mol. The van der Waals surface area contributed by atoms with Gasteiger partial charge < -0.3 is 0 Å². The van der Waals surface area contributed by atoms with Crippen molar-refractivity contribution in [3.63, 3.8) is 0 Å². The molecule has 0 saturated heterocycles. The molecule has 0 N–H and O–H groups in total. The van der Waals surface area contributed by atoms with Gasteiger partial charge in [0.25, 0.3) is 0 Å². The molecular formula is C14H8N6. The van der Waals surface area contributed by atoms with Crippen LogP contribution in [0, 0.1) is 11.3 Å². The van der Waals surface area contributed by atoms with Crippen LogP contribution in [0.15, 0.2) is 48.9 Å². The summed E-state index contributed by atoms with van der Waals surface area (Å²) in [5.41, 5.74) is 3.10. The number of fused-ring (bicyclic) bond motifs is 2. The van der Waals surface area contributed by atoms with Crippen LogP contribution in [0.25, 0.3) is 22.6 Å². The van der Waals surface area contributed by atoms with E-state index in [-0.39, 0.29) is 0 Å². The van der Waals surface area contributed by atoms with Crippen LogP contribution in [0.3, 0.4) is 0 Å². The van der Waals surface area contributed by atoms with E-state index < -0.39 is 0 Å². The lowest BCUT2D eigenvalue weighted by molar-refractivity contribution is 0.961. The van der Waals surface area contributed by atoms with Crippen LogP contribution in [0.2, 0.25) is 0 Å². The Bertz CT molecular complexity index is 972. The van der Waals surface area contributed by atoms with Crippen molar-refractivity contribution in [1.29, 1.82) is 5.26 Å². The fourth-order valence-corrected chi connectivity index (χ4v) is 2.25. The zero-order valence-electron chi connectivity index (χ0n) is 10.3. The summed E-state index contributed by atoms with van der Waals surface area (Å²) in [7, 11) is 0. The molecular weight excluding hydrogens is 252 g/mol. The van der Waals surface area contributed by atoms with Gasteiger partial charge in [0.1, 0.15) is 6.07 Å². The molecule has 4 rings (SSSR count). The van der Waals surface area contributed by atoms with Gasteiger partial charge in [-0.2, -0.15) is 10.4 Å². The van der Waals surface area contributed by atoms with Crippen LogP contribution < -0.4 is 0 Å². The first kappa shape index (κ1) is 10.7. The van der Waals surface area contributed by atoms with Crippen molar-refractivity contribution < 1.29 is 0 Å². The fraction of sp³-hybridized carbons (Fsp3) is 0. The highest BCUT2D eigenvalue weighted by Crippen LogP contribution is 2.23. The summed E-state index contributed by atoms with van der Waals surface area (Å²) < 4.78 is 3.59. The molecule has 4 heterocycles. The second kappa shape index (κ2) is 3.90. The molecule has 0 bridgehead atoms. The highest BCUT2D eigenvalue weighted by Gasteiger charge is 2.13. The minimum absolute atomic E-state index is 0.565. The summed E-state index contributed by atoms with van der Waals surface area (Å²) in [5.74, 6) is 0.679. The molecule has 0 atom stereocenters. The van der Waals surface area contributed by atoms with Gasteiger partial charge in [0, 0.05) is 12.4 Å². The Morgan fingerprint density at radius 3 is 2.95 bits per heavy atom. The summed E-state index contributed by atoms with van der Waals surface area (Å²) in [4.78, 5) is 0. The Hall–Kier alpha value is -3.20. The van der Waals surface area contributed by atoms with Crippen molar-refractivity contribution >= 4 is 11.2 Å². The van der Waals surface area contributed by atoms with Crippen molar-refractivity contribution in [3.05, 3.63) is 54.5 Å². The molecule has 0 aliphatic heterocycles. The molecule has 0 aliphatic rings. The lowest BCUT2D eigenvalue weighted by Gasteiger charge is -1.98. The third kappa shape index (κ3) is 1.40. The monoisotopic (exact) mass is 260 g/mol. The van der Waals surface area contributed by atoms with Gasteiger partial charge in [-0.3, -0.25) is 4.40 Å².